The fraction of sp³-hybridized carbons (Fsp3) is 1.00. The summed E-state index contributed by atoms with van der Waals surface area (Å²) < 4.78 is 2.23. The lowest BCUT2D eigenvalue weighted by Gasteiger charge is -2.36. The molecular formula is C5H13N2P. The predicted molar refractivity (Wildman–Crippen MR) is 38.7 cm³/mol. The third-order valence-electron chi connectivity index (χ3n) is 1.40. The van der Waals surface area contributed by atoms with Crippen LogP contribution in [0.4, 0.5) is 0 Å². The van der Waals surface area contributed by atoms with Crippen LogP contribution in [0.3, 0.4) is 0 Å². The molecule has 3 heteroatoms. The molecule has 2 nitrogen and oxygen atoms in total. The van der Waals surface area contributed by atoms with E-state index in [-0.39, 0.29) is 0 Å². The molecule has 48 valence electrons. The van der Waals surface area contributed by atoms with Gasteiger partial charge in [-0.1, -0.05) is 16.3 Å². The van der Waals surface area contributed by atoms with Gasteiger partial charge in [-0.25, -0.2) is 0 Å². The van der Waals surface area contributed by atoms with E-state index < -0.39 is 0 Å². The van der Waals surface area contributed by atoms with Gasteiger partial charge in [0.2, 0.25) is 0 Å². The second kappa shape index (κ2) is 2.77. The van der Waals surface area contributed by atoms with Crippen LogP contribution in [0.1, 0.15) is 6.92 Å². The van der Waals surface area contributed by atoms with Crippen molar-refractivity contribution in [3.8, 4) is 0 Å². The highest BCUT2D eigenvalue weighted by atomic mass is 31.0. The van der Waals surface area contributed by atoms with Crippen LogP contribution in [0.15, 0.2) is 0 Å². The van der Waals surface area contributed by atoms with E-state index in [1.54, 1.807) is 0 Å². The smallest absolute Gasteiger partial charge is 0.0328 e. The number of likely N-dealkylation sites (N-methyl/N-ethyl adjacent to an activating group) is 1. The van der Waals surface area contributed by atoms with E-state index in [0.29, 0.717) is 0 Å². The summed E-state index contributed by atoms with van der Waals surface area (Å²) >= 11 is 0. The van der Waals surface area contributed by atoms with Crippen molar-refractivity contribution in [1.82, 2.24) is 9.99 Å². The van der Waals surface area contributed by atoms with E-state index in [2.05, 4.69) is 26.3 Å². The molecule has 0 aromatic carbocycles. The first-order valence-electron chi connectivity index (χ1n) is 3.06. The van der Waals surface area contributed by atoms with Crippen LogP contribution < -0.4 is 5.32 Å². The molecule has 1 aliphatic heterocycles. The number of hydrogen-bond donors (Lipinski definition) is 1. The van der Waals surface area contributed by atoms with Crippen LogP contribution >= 0.6 is 9.39 Å². The Kier molecular flexibility index (Phi) is 2.24. The lowest BCUT2D eigenvalue weighted by atomic mass is 10.2. The average molecular weight is 132 g/mol. The zero-order valence-corrected chi connectivity index (χ0v) is 6.38. The van der Waals surface area contributed by atoms with E-state index in [0.717, 1.165) is 12.6 Å². The first-order valence-corrected chi connectivity index (χ1v) is 3.57. The summed E-state index contributed by atoms with van der Waals surface area (Å²) in [5, 5.41) is 3.36. The summed E-state index contributed by atoms with van der Waals surface area (Å²) in [5.41, 5.74) is 0. The van der Waals surface area contributed by atoms with E-state index in [1.807, 2.05) is 0 Å². The van der Waals surface area contributed by atoms with Crippen LogP contribution in [-0.2, 0) is 0 Å². The Morgan fingerprint density at radius 1 is 1.75 bits per heavy atom. The standard InChI is InChI=1S/C5H13N2P/c1-2-6-5-3-7(8)4-5/h5-6H,2-4,8H2,1H3. The SMILES string of the molecule is CCNC1CN(P)C1. The van der Waals surface area contributed by atoms with E-state index in [4.69, 9.17) is 0 Å². The molecule has 1 fully saturated rings. The Balaban J connectivity index is 1.98. The molecule has 0 bridgehead atoms. The summed E-state index contributed by atoms with van der Waals surface area (Å²) in [6, 6.07) is 0.762. The molecule has 1 saturated heterocycles. The first kappa shape index (κ1) is 6.47. The Morgan fingerprint density at radius 3 is 2.75 bits per heavy atom. The van der Waals surface area contributed by atoms with Crippen molar-refractivity contribution >= 4 is 9.39 Å². The van der Waals surface area contributed by atoms with Gasteiger partial charge in [-0.15, -0.1) is 0 Å². The number of hydrogen-bond acceptors (Lipinski definition) is 2. The molecule has 1 atom stereocenters. The van der Waals surface area contributed by atoms with Gasteiger partial charge in [-0.3, -0.25) is 4.67 Å². The van der Waals surface area contributed by atoms with Crippen LogP contribution in [0, 0.1) is 0 Å². The minimum atomic E-state index is 0.762. The molecule has 1 rings (SSSR count). The summed E-state index contributed by atoms with van der Waals surface area (Å²) in [7, 11) is 2.69. The molecule has 0 spiro atoms. The maximum Gasteiger partial charge on any atom is 0.0328 e. The number of rotatable bonds is 2. The average Bonchev–Trinajstić information content (AvgIpc) is 1.64. The second-order valence-electron chi connectivity index (χ2n) is 2.21. The van der Waals surface area contributed by atoms with Crippen LogP contribution in [0.25, 0.3) is 0 Å². The van der Waals surface area contributed by atoms with Crippen molar-refractivity contribution in [2.24, 2.45) is 0 Å². The minimum absolute atomic E-state index is 0.762. The normalized spacial score (nSPS) is 23.2. The molecule has 1 aliphatic rings. The van der Waals surface area contributed by atoms with Crippen molar-refractivity contribution in [2.45, 2.75) is 13.0 Å². The van der Waals surface area contributed by atoms with E-state index >= 15 is 0 Å². The highest BCUT2D eigenvalue weighted by molar-refractivity contribution is 7.13. The van der Waals surface area contributed by atoms with Crippen molar-refractivity contribution < 1.29 is 0 Å². The topological polar surface area (TPSA) is 15.3 Å². The molecular weight excluding hydrogens is 119 g/mol. The molecule has 1 N–H and O–H groups in total. The Hall–Kier alpha value is 0.350. The molecule has 0 aromatic heterocycles. The van der Waals surface area contributed by atoms with E-state index in [1.165, 1.54) is 13.1 Å². The van der Waals surface area contributed by atoms with Crippen LogP contribution in [-0.4, -0.2) is 30.3 Å². The Bertz CT molecular complexity index is 68.1. The maximum absolute atomic E-state index is 3.36. The van der Waals surface area contributed by atoms with Gasteiger partial charge in [0.1, 0.15) is 0 Å². The van der Waals surface area contributed by atoms with E-state index in [9.17, 15) is 0 Å². The predicted octanol–water partition coefficient (Wildman–Crippen LogP) is 0.0702. The second-order valence-corrected chi connectivity index (χ2v) is 2.94. The third kappa shape index (κ3) is 1.41. The van der Waals surface area contributed by atoms with Crippen molar-refractivity contribution in [1.29, 1.82) is 0 Å². The molecule has 0 aliphatic carbocycles. The molecule has 0 radical (unpaired) electrons. The Morgan fingerprint density at radius 2 is 2.38 bits per heavy atom. The first-order chi connectivity index (χ1) is 3.83. The van der Waals surface area contributed by atoms with Gasteiger partial charge in [0, 0.05) is 19.1 Å². The quantitative estimate of drug-likeness (QED) is 0.535. The largest absolute Gasteiger partial charge is 0.312 e. The van der Waals surface area contributed by atoms with Crippen LogP contribution in [0.2, 0.25) is 0 Å². The summed E-state index contributed by atoms with van der Waals surface area (Å²) in [6.07, 6.45) is 0. The van der Waals surface area contributed by atoms with Gasteiger partial charge >= 0.3 is 0 Å². The molecule has 1 heterocycles. The molecule has 0 saturated carbocycles. The van der Waals surface area contributed by atoms with Gasteiger partial charge in [0.25, 0.3) is 0 Å². The zero-order valence-electron chi connectivity index (χ0n) is 5.22. The fourth-order valence-electron chi connectivity index (χ4n) is 0.930. The van der Waals surface area contributed by atoms with Gasteiger partial charge in [0.15, 0.2) is 0 Å². The lowest BCUT2D eigenvalue weighted by Crippen LogP contribution is -2.53. The fourth-order valence-corrected chi connectivity index (χ4v) is 1.44. The van der Waals surface area contributed by atoms with Crippen molar-refractivity contribution in [2.75, 3.05) is 19.6 Å². The zero-order chi connectivity index (χ0) is 5.98. The van der Waals surface area contributed by atoms with Gasteiger partial charge in [0.05, 0.1) is 0 Å². The number of nitrogens with zero attached hydrogens (tertiary/aromatic N) is 1. The minimum Gasteiger partial charge on any atom is -0.312 e. The van der Waals surface area contributed by atoms with Gasteiger partial charge in [-0.2, -0.15) is 0 Å². The highest BCUT2D eigenvalue weighted by Crippen LogP contribution is 2.11. The number of nitrogens with one attached hydrogen (secondary N) is 1. The maximum atomic E-state index is 3.36. The molecule has 0 aromatic rings. The Labute approximate surface area is 52.9 Å². The molecule has 1 unspecified atom stereocenters. The van der Waals surface area contributed by atoms with Crippen molar-refractivity contribution in [3.05, 3.63) is 0 Å². The summed E-state index contributed by atoms with van der Waals surface area (Å²) in [4.78, 5) is 0. The van der Waals surface area contributed by atoms with Crippen LogP contribution in [0.5, 0.6) is 0 Å². The van der Waals surface area contributed by atoms with Crippen molar-refractivity contribution in [3.63, 3.8) is 0 Å². The monoisotopic (exact) mass is 132 g/mol. The summed E-state index contributed by atoms with van der Waals surface area (Å²) in [5.74, 6) is 0. The highest BCUT2D eigenvalue weighted by Gasteiger charge is 2.21. The third-order valence-corrected chi connectivity index (χ3v) is 1.82. The lowest BCUT2D eigenvalue weighted by molar-refractivity contribution is 0.249. The summed E-state index contributed by atoms with van der Waals surface area (Å²) in [6.45, 7) is 5.63. The molecule has 8 heavy (non-hydrogen) atoms. The van der Waals surface area contributed by atoms with Gasteiger partial charge in [-0.05, 0) is 6.54 Å². The molecule has 0 amide bonds. The van der Waals surface area contributed by atoms with Gasteiger partial charge < -0.3 is 5.32 Å².